The van der Waals surface area contributed by atoms with Crippen LogP contribution in [0.3, 0.4) is 0 Å². The standard InChI is InChI=1S/C19H20F4O3S/c1-5-10(2)11-6-8-12(9-7-11)19(3,4)13-14(20)16(22)18(27(24,25)26)17(23)15(13)21/h6-10H,5H2,1-4H3,(H,24,25,26)/p-1. The van der Waals surface area contributed by atoms with Crippen molar-refractivity contribution < 1.29 is 30.5 Å². The Bertz CT molecular complexity index is 938. The number of hydrogen-bond acceptors (Lipinski definition) is 3. The van der Waals surface area contributed by atoms with Crippen LogP contribution in [0.5, 0.6) is 0 Å². The molecule has 2 aromatic rings. The van der Waals surface area contributed by atoms with E-state index in [1.807, 2.05) is 13.8 Å². The molecule has 3 nitrogen and oxygen atoms in total. The van der Waals surface area contributed by atoms with E-state index < -0.39 is 49.3 Å². The molecule has 0 aliphatic carbocycles. The molecule has 0 aromatic heterocycles. The maximum atomic E-state index is 14.5. The second-order valence-electron chi connectivity index (χ2n) is 6.97. The van der Waals surface area contributed by atoms with Crippen LogP contribution in [0.15, 0.2) is 29.2 Å². The molecule has 0 fully saturated rings. The Hall–Kier alpha value is -1.93. The number of benzene rings is 2. The molecule has 0 aliphatic rings. The zero-order chi connectivity index (χ0) is 20.7. The highest BCUT2D eigenvalue weighted by atomic mass is 32.2. The molecule has 0 amide bonds. The van der Waals surface area contributed by atoms with E-state index in [1.165, 1.54) is 13.8 Å². The molecule has 0 heterocycles. The summed E-state index contributed by atoms with van der Waals surface area (Å²) in [4.78, 5) is -2.15. The summed E-state index contributed by atoms with van der Waals surface area (Å²) in [5.74, 6) is -7.99. The summed E-state index contributed by atoms with van der Waals surface area (Å²) in [7, 11) is -5.73. The van der Waals surface area contributed by atoms with E-state index >= 15 is 0 Å². The fraction of sp³-hybridized carbons (Fsp3) is 0.368. The molecule has 2 aromatic carbocycles. The van der Waals surface area contributed by atoms with E-state index in [2.05, 4.69) is 0 Å². The number of rotatable bonds is 5. The monoisotopic (exact) mass is 403 g/mol. The third-order valence-electron chi connectivity index (χ3n) is 4.91. The summed E-state index contributed by atoms with van der Waals surface area (Å²) in [6, 6.07) is 6.69. The van der Waals surface area contributed by atoms with E-state index in [0.29, 0.717) is 5.56 Å². The van der Waals surface area contributed by atoms with Gasteiger partial charge in [0.1, 0.15) is 15.0 Å². The van der Waals surface area contributed by atoms with Gasteiger partial charge in [0.15, 0.2) is 23.3 Å². The Kier molecular flexibility index (Phi) is 5.73. The van der Waals surface area contributed by atoms with Crippen molar-refractivity contribution in [3.63, 3.8) is 0 Å². The van der Waals surface area contributed by atoms with Crippen molar-refractivity contribution in [3.05, 3.63) is 64.2 Å². The normalized spacial score (nSPS) is 13.7. The summed E-state index contributed by atoms with van der Waals surface area (Å²) < 4.78 is 90.1. The Balaban J connectivity index is 2.70. The minimum absolute atomic E-state index is 0.257. The second-order valence-corrected chi connectivity index (χ2v) is 8.29. The summed E-state index contributed by atoms with van der Waals surface area (Å²) in [6.07, 6.45) is 0.882. The third-order valence-corrected chi connectivity index (χ3v) is 5.77. The van der Waals surface area contributed by atoms with Crippen molar-refractivity contribution in [2.24, 2.45) is 0 Å². The molecule has 0 aliphatic heterocycles. The SMILES string of the molecule is CCC(C)c1ccc(C(C)(C)c2c(F)c(F)c(S(=O)(=O)[O-])c(F)c2F)cc1. The van der Waals surface area contributed by atoms with Gasteiger partial charge in [-0.05, 0) is 23.5 Å². The average molecular weight is 403 g/mol. The van der Waals surface area contributed by atoms with Crippen LogP contribution in [0.2, 0.25) is 0 Å². The molecule has 0 radical (unpaired) electrons. The van der Waals surface area contributed by atoms with Gasteiger partial charge in [0, 0.05) is 11.0 Å². The summed E-state index contributed by atoms with van der Waals surface area (Å²) in [6.45, 7) is 6.70. The van der Waals surface area contributed by atoms with Gasteiger partial charge in [-0.2, -0.15) is 0 Å². The molecule has 148 valence electrons. The molecule has 0 bridgehead atoms. The fourth-order valence-electron chi connectivity index (χ4n) is 2.99. The van der Waals surface area contributed by atoms with Crippen molar-refractivity contribution in [2.45, 2.75) is 50.3 Å². The highest BCUT2D eigenvalue weighted by Crippen LogP contribution is 2.39. The van der Waals surface area contributed by atoms with E-state index in [-0.39, 0.29) is 5.92 Å². The lowest BCUT2D eigenvalue weighted by Crippen LogP contribution is -2.26. The van der Waals surface area contributed by atoms with Gasteiger partial charge in [-0.25, -0.2) is 26.0 Å². The van der Waals surface area contributed by atoms with Crippen molar-refractivity contribution >= 4 is 10.1 Å². The van der Waals surface area contributed by atoms with Crippen molar-refractivity contribution in [3.8, 4) is 0 Å². The molecule has 0 saturated heterocycles. The zero-order valence-electron chi connectivity index (χ0n) is 15.2. The van der Waals surface area contributed by atoms with E-state index in [1.54, 1.807) is 24.3 Å². The third kappa shape index (κ3) is 3.73. The minimum Gasteiger partial charge on any atom is -0.744 e. The maximum Gasteiger partial charge on any atom is 0.179 e. The van der Waals surface area contributed by atoms with Gasteiger partial charge >= 0.3 is 0 Å². The number of hydrogen-bond donors (Lipinski definition) is 0. The van der Waals surface area contributed by atoms with Gasteiger partial charge in [-0.15, -0.1) is 0 Å². The first-order valence-corrected chi connectivity index (χ1v) is 9.67. The van der Waals surface area contributed by atoms with Crippen LogP contribution in [0.4, 0.5) is 17.6 Å². The first-order valence-electron chi connectivity index (χ1n) is 8.26. The molecule has 0 saturated carbocycles. The fourth-order valence-corrected chi connectivity index (χ4v) is 3.61. The van der Waals surface area contributed by atoms with Gasteiger partial charge in [-0.3, -0.25) is 0 Å². The average Bonchev–Trinajstić information content (AvgIpc) is 2.58. The van der Waals surface area contributed by atoms with Gasteiger partial charge in [-0.1, -0.05) is 52.0 Å². The van der Waals surface area contributed by atoms with Crippen LogP contribution in [0.25, 0.3) is 0 Å². The molecular formula is C19H19F4O3S-. The van der Waals surface area contributed by atoms with Gasteiger partial charge in [0.05, 0.1) is 0 Å². The van der Waals surface area contributed by atoms with Crippen LogP contribution in [0.1, 0.15) is 56.7 Å². The van der Waals surface area contributed by atoms with Gasteiger partial charge < -0.3 is 4.55 Å². The quantitative estimate of drug-likeness (QED) is 0.402. The highest BCUT2D eigenvalue weighted by molar-refractivity contribution is 7.85. The Morgan fingerprint density at radius 1 is 0.963 bits per heavy atom. The first kappa shape index (κ1) is 21.4. The van der Waals surface area contributed by atoms with Crippen LogP contribution >= 0.6 is 0 Å². The predicted molar refractivity (Wildman–Crippen MR) is 91.5 cm³/mol. The largest absolute Gasteiger partial charge is 0.744 e. The van der Waals surface area contributed by atoms with E-state index in [0.717, 1.165) is 12.0 Å². The molecule has 2 rings (SSSR count). The highest BCUT2D eigenvalue weighted by Gasteiger charge is 2.37. The predicted octanol–water partition coefficient (Wildman–Crippen LogP) is 4.99. The summed E-state index contributed by atoms with van der Waals surface area (Å²) in [5.41, 5.74) is -1.16. The maximum absolute atomic E-state index is 14.5. The van der Waals surface area contributed by atoms with Gasteiger partial charge in [0.25, 0.3) is 0 Å². The molecule has 27 heavy (non-hydrogen) atoms. The molecular weight excluding hydrogens is 384 g/mol. The Morgan fingerprint density at radius 2 is 1.41 bits per heavy atom. The van der Waals surface area contributed by atoms with Crippen LogP contribution in [-0.2, 0) is 15.5 Å². The van der Waals surface area contributed by atoms with Crippen molar-refractivity contribution in [1.29, 1.82) is 0 Å². The van der Waals surface area contributed by atoms with E-state index in [4.69, 9.17) is 0 Å². The van der Waals surface area contributed by atoms with Crippen molar-refractivity contribution in [1.82, 2.24) is 0 Å². The zero-order valence-corrected chi connectivity index (χ0v) is 16.1. The van der Waals surface area contributed by atoms with E-state index in [9.17, 15) is 30.5 Å². The minimum atomic E-state index is -5.73. The Labute approximate surface area is 155 Å². The summed E-state index contributed by atoms with van der Waals surface area (Å²) in [5, 5.41) is 0. The lowest BCUT2D eigenvalue weighted by molar-refractivity contribution is 0.375. The molecule has 1 atom stereocenters. The second kappa shape index (κ2) is 7.24. The topological polar surface area (TPSA) is 57.2 Å². The molecule has 1 unspecified atom stereocenters. The molecule has 0 spiro atoms. The van der Waals surface area contributed by atoms with Crippen LogP contribution in [-0.4, -0.2) is 13.0 Å². The van der Waals surface area contributed by atoms with Gasteiger partial charge in [0.2, 0.25) is 0 Å². The Morgan fingerprint density at radius 3 is 1.78 bits per heavy atom. The van der Waals surface area contributed by atoms with Crippen molar-refractivity contribution in [2.75, 3.05) is 0 Å². The lowest BCUT2D eigenvalue weighted by Gasteiger charge is -2.28. The smallest absolute Gasteiger partial charge is 0.179 e. The molecule has 0 N–H and O–H groups in total. The lowest BCUT2D eigenvalue weighted by atomic mass is 9.77. The van der Waals surface area contributed by atoms with Crippen LogP contribution < -0.4 is 0 Å². The molecule has 8 heteroatoms. The van der Waals surface area contributed by atoms with Crippen LogP contribution in [0, 0.1) is 23.3 Å². The first-order chi connectivity index (χ1) is 12.3. The summed E-state index contributed by atoms with van der Waals surface area (Å²) >= 11 is 0. The number of halogens is 4.